The van der Waals surface area contributed by atoms with Crippen LogP contribution in [0.1, 0.15) is 10.5 Å². The average molecular weight is 208 g/mol. The Hall–Kier alpha value is -2.24. The molecule has 0 saturated heterocycles. The molecule has 0 radical (unpaired) electrons. The molecule has 0 bridgehead atoms. The van der Waals surface area contributed by atoms with E-state index in [4.69, 9.17) is 9.52 Å². The van der Waals surface area contributed by atoms with Crippen LogP contribution in [0.2, 0.25) is 0 Å². The molecular formula is C9H5FN2O3. The van der Waals surface area contributed by atoms with Crippen LogP contribution in [0.25, 0.3) is 11.5 Å². The van der Waals surface area contributed by atoms with Crippen molar-refractivity contribution in [1.82, 2.24) is 9.97 Å². The van der Waals surface area contributed by atoms with Crippen LogP contribution in [0.4, 0.5) is 4.39 Å². The molecule has 0 saturated carbocycles. The number of nitrogens with zero attached hydrogens (tertiary/aromatic N) is 2. The zero-order valence-electron chi connectivity index (χ0n) is 7.35. The van der Waals surface area contributed by atoms with Crippen LogP contribution >= 0.6 is 0 Å². The lowest BCUT2D eigenvalue weighted by Gasteiger charge is -1.93. The molecule has 76 valence electrons. The molecule has 0 spiro atoms. The number of pyridine rings is 1. The van der Waals surface area contributed by atoms with Gasteiger partial charge in [0.2, 0.25) is 11.8 Å². The second-order valence-electron chi connectivity index (χ2n) is 2.71. The first-order chi connectivity index (χ1) is 7.16. The van der Waals surface area contributed by atoms with Crippen molar-refractivity contribution in [3.63, 3.8) is 0 Å². The molecule has 0 fully saturated rings. The maximum absolute atomic E-state index is 12.7. The molecule has 2 aromatic heterocycles. The molecule has 1 N–H and O–H groups in total. The third-order valence-corrected chi connectivity index (χ3v) is 1.70. The number of carboxylic acid groups (broad SMARTS) is 1. The van der Waals surface area contributed by atoms with Crippen molar-refractivity contribution in [2.24, 2.45) is 0 Å². The van der Waals surface area contributed by atoms with E-state index in [9.17, 15) is 9.18 Å². The summed E-state index contributed by atoms with van der Waals surface area (Å²) in [6, 6.07) is 2.58. The monoisotopic (exact) mass is 208 g/mol. The Kier molecular flexibility index (Phi) is 2.17. The molecule has 0 unspecified atom stereocenters. The molecule has 0 aliphatic heterocycles. The van der Waals surface area contributed by atoms with E-state index in [2.05, 4.69) is 9.97 Å². The van der Waals surface area contributed by atoms with Gasteiger partial charge in [0.05, 0.1) is 0 Å². The number of hydrogen-bond acceptors (Lipinski definition) is 4. The molecule has 2 aromatic rings. The number of hydrogen-bond donors (Lipinski definition) is 1. The number of rotatable bonds is 2. The summed E-state index contributed by atoms with van der Waals surface area (Å²) >= 11 is 0. The highest BCUT2D eigenvalue weighted by Gasteiger charge is 2.12. The fraction of sp³-hybridized carbons (Fsp3) is 0. The summed E-state index contributed by atoms with van der Waals surface area (Å²) in [5.74, 6) is -1.82. The van der Waals surface area contributed by atoms with Crippen LogP contribution in [0.5, 0.6) is 0 Å². The van der Waals surface area contributed by atoms with Gasteiger partial charge >= 0.3 is 5.97 Å². The Bertz CT molecular complexity index is 510. The normalized spacial score (nSPS) is 10.2. The summed E-state index contributed by atoms with van der Waals surface area (Å²) in [5, 5.41) is 8.59. The molecule has 0 amide bonds. The molecule has 15 heavy (non-hydrogen) atoms. The third kappa shape index (κ3) is 1.83. The minimum Gasteiger partial charge on any atom is -0.476 e. The van der Waals surface area contributed by atoms with Gasteiger partial charge in [-0.3, -0.25) is 0 Å². The first-order valence-corrected chi connectivity index (χ1v) is 3.97. The molecule has 5 nitrogen and oxygen atoms in total. The van der Waals surface area contributed by atoms with E-state index in [0.29, 0.717) is 5.56 Å². The highest BCUT2D eigenvalue weighted by atomic mass is 19.1. The Morgan fingerprint density at radius 3 is 2.93 bits per heavy atom. The Morgan fingerprint density at radius 2 is 2.33 bits per heavy atom. The van der Waals surface area contributed by atoms with E-state index in [1.165, 1.54) is 12.3 Å². The summed E-state index contributed by atoms with van der Waals surface area (Å²) in [6.07, 6.45) is 2.24. The highest BCUT2D eigenvalue weighted by molar-refractivity contribution is 5.85. The predicted octanol–water partition coefficient (Wildman–Crippen LogP) is 1.57. The number of halogens is 1. The fourth-order valence-corrected chi connectivity index (χ4v) is 1.04. The lowest BCUT2D eigenvalue weighted by Crippen LogP contribution is -1.95. The van der Waals surface area contributed by atoms with Gasteiger partial charge in [0, 0.05) is 17.8 Å². The summed E-state index contributed by atoms with van der Waals surface area (Å²) in [4.78, 5) is 17.5. The van der Waals surface area contributed by atoms with Crippen molar-refractivity contribution in [1.29, 1.82) is 0 Å². The minimum atomic E-state index is -1.19. The van der Waals surface area contributed by atoms with Crippen LogP contribution in [-0.4, -0.2) is 21.0 Å². The van der Waals surface area contributed by atoms with Crippen LogP contribution in [-0.2, 0) is 0 Å². The summed E-state index contributed by atoms with van der Waals surface area (Å²) in [6.45, 7) is 0. The molecule has 0 aliphatic rings. The fourth-order valence-electron chi connectivity index (χ4n) is 1.04. The zero-order valence-corrected chi connectivity index (χ0v) is 7.35. The second-order valence-corrected chi connectivity index (χ2v) is 2.71. The van der Waals surface area contributed by atoms with Gasteiger partial charge in [-0.05, 0) is 6.07 Å². The molecule has 6 heteroatoms. The van der Waals surface area contributed by atoms with E-state index in [-0.39, 0.29) is 11.6 Å². The summed E-state index contributed by atoms with van der Waals surface area (Å²) in [5.41, 5.74) is 0.122. The van der Waals surface area contributed by atoms with Crippen LogP contribution in [0, 0.1) is 5.95 Å². The predicted molar refractivity (Wildman–Crippen MR) is 46.7 cm³/mol. The van der Waals surface area contributed by atoms with E-state index in [1.807, 2.05) is 0 Å². The van der Waals surface area contributed by atoms with Gasteiger partial charge in [0.25, 0.3) is 0 Å². The zero-order chi connectivity index (χ0) is 10.8. The van der Waals surface area contributed by atoms with Crippen LogP contribution in [0.3, 0.4) is 0 Å². The standard InChI is InChI=1S/C9H5FN2O3/c10-7-3-5(1-2-11-7)8-12-6(4-15-8)9(13)14/h1-4H,(H,13,14). The first-order valence-electron chi connectivity index (χ1n) is 3.97. The van der Waals surface area contributed by atoms with Gasteiger partial charge in [0.1, 0.15) is 6.26 Å². The number of carbonyl (C=O) groups is 1. The van der Waals surface area contributed by atoms with Gasteiger partial charge in [0.15, 0.2) is 5.69 Å². The molecular weight excluding hydrogens is 203 g/mol. The van der Waals surface area contributed by atoms with Crippen LogP contribution < -0.4 is 0 Å². The largest absolute Gasteiger partial charge is 0.476 e. The van der Waals surface area contributed by atoms with Gasteiger partial charge in [-0.1, -0.05) is 0 Å². The van der Waals surface area contributed by atoms with Gasteiger partial charge < -0.3 is 9.52 Å². The molecule has 0 atom stereocenters. The van der Waals surface area contributed by atoms with E-state index < -0.39 is 11.9 Å². The lowest BCUT2D eigenvalue weighted by molar-refractivity contribution is 0.0690. The molecule has 2 rings (SSSR count). The number of aromatic nitrogens is 2. The first kappa shape index (κ1) is 9.32. The van der Waals surface area contributed by atoms with E-state index in [1.54, 1.807) is 0 Å². The number of aromatic carboxylic acids is 1. The smallest absolute Gasteiger partial charge is 0.357 e. The van der Waals surface area contributed by atoms with Crippen molar-refractivity contribution in [2.75, 3.05) is 0 Å². The van der Waals surface area contributed by atoms with Gasteiger partial charge in [-0.25, -0.2) is 14.8 Å². The molecule has 2 heterocycles. The highest BCUT2D eigenvalue weighted by Crippen LogP contribution is 2.18. The quantitative estimate of drug-likeness (QED) is 0.758. The van der Waals surface area contributed by atoms with E-state index >= 15 is 0 Å². The maximum Gasteiger partial charge on any atom is 0.357 e. The summed E-state index contributed by atoms with van der Waals surface area (Å²) in [7, 11) is 0. The second kappa shape index (κ2) is 3.49. The maximum atomic E-state index is 12.7. The van der Waals surface area contributed by atoms with Crippen LogP contribution in [0.15, 0.2) is 29.0 Å². The average Bonchev–Trinajstić information content (AvgIpc) is 2.66. The summed E-state index contributed by atoms with van der Waals surface area (Å²) < 4.78 is 17.6. The Balaban J connectivity index is 2.41. The van der Waals surface area contributed by atoms with Crippen molar-refractivity contribution in [2.45, 2.75) is 0 Å². The Labute approximate surface area is 83.2 Å². The van der Waals surface area contributed by atoms with E-state index in [0.717, 1.165) is 12.3 Å². The number of oxazole rings is 1. The van der Waals surface area contributed by atoms with Crippen molar-refractivity contribution in [3.8, 4) is 11.5 Å². The topological polar surface area (TPSA) is 76.2 Å². The minimum absolute atomic E-state index is 0.0497. The molecule has 0 aliphatic carbocycles. The van der Waals surface area contributed by atoms with Gasteiger partial charge in [-0.15, -0.1) is 0 Å². The Morgan fingerprint density at radius 1 is 1.53 bits per heavy atom. The van der Waals surface area contributed by atoms with Crippen molar-refractivity contribution < 1.29 is 18.7 Å². The van der Waals surface area contributed by atoms with Gasteiger partial charge in [-0.2, -0.15) is 4.39 Å². The molecule has 0 aromatic carbocycles. The van der Waals surface area contributed by atoms with Crippen molar-refractivity contribution in [3.05, 3.63) is 36.2 Å². The number of carboxylic acids is 1. The SMILES string of the molecule is O=C(O)c1coc(-c2ccnc(F)c2)n1. The third-order valence-electron chi connectivity index (χ3n) is 1.70. The van der Waals surface area contributed by atoms with Crippen molar-refractivity contribution >= 4 is 5.97 Å². The lowest BCUT2D eigenvalue weighted by atomic mass is 10.3.